The van der Waals surface area contributed by atoms with E-state index in [1.165, 1.54) is 0 Å². The van der Waals surface area contributed by atoms with Crippen LogP contribution in [-0.2, 0) is 6.42 Å². The fourth-order valence-corrected chi connectivity index (χ4v) is 1.56. The van der Waals surface area contributed by atoms with Gasteiger partial charge >= 0.3 is 0 Å². The summed E-state index contributed by atoms with van der Waals surface area (Å²) in [7, 11) is 4.74. The van der Waals surface area contributed by atoms with Crippen molar-refractivity contribution in [1.29, 1.82) is 0 Å². The SMILES string of the molecule is CCc1cc(OC)c(OC)cc1C(=O)NC. The van der Waals surface area contributed by atoms with E-state index in [9.17, 15) is 4.79 Å². The first-order valence-corrected chi connectivity index (χ1v) is 5.14. The van der Waals surface area contributed by atoms with E-state index in [0.29, 0.717) is 17.1 Å². The second-order valence-corrected chi connectivity index (χ2v) is 3.30. The largest absolute Gasteiger partial charge is 0.493 e. The standard InChI is InChI=1S/C12H17NO3/c1-5-8-6-10(15-3)11(16-4)7-9(8)12(14)13-2/h6-7H,5H2,1-4H3,(H,13,14). The third-order valence-electron chi connectivity index (χ3n) is 2.46. The maximum atomic E-state index is 11.7. The number of amides is 1. The zero-order valence-electron chi connectivity index (χ0n) is 10.1. The molecular weight excluding hydrogens is 206 g/mol. The molecule has 1 rings (SSSR count). The molecule has 0 saturated carbocycles. The Hall–Kier alpha value is -1.71. The third kappa shape index (κ3) is 2.27. The van der Waals surface area contributed by atoms with Crippen LogP contribution in [0.3, 0.4) is 0 Å². The average molecular weight is 223 g/mol. The number of rotatable bonds is 4. The molecule has 0 aromatic heterocycles. The molecule has 0 aliphatic carbocycles. The highest BCUT2D eigenvalue weighted by atomic mass is 16.5. The van der Waals surface area contributed by atoms with Gasteiger partial charge in [0.05, 0.1) is 14.2 Å². The maximum absolute atomic E-state index is 11.7. The molecule has 1 amide bonds. The summed E-state index contributed by atoms with van der Waals surface area (Å²) in [4.78, 5) is 11.7. The number of carbonyl (C=O) groups excluding carboxylic acids is 1. The van der Waals surface area contributed by atoms with Crippen molar-refractivity contribution in [3.63, 3.8) is 0 Å². The highest BCUT2D eigenvalue weighted by molar-refractivity contribution is 5.96. The van der Waals surface area contributed by atoms with Crippen molar-refractivity contribution in [3.05, 3.63) is 23.3 Å². The number of carbonyl (C=O) groups is 1. The molecule has 1 N–H and O–H groups in total. The Balaban J connectivity index is 3.31. The number of benzene rings is 1. The van der Waals surface area contributed by atoms with E-state index in [2.05, 4.69) is 5.32 Å². The van der Waals surface area contributed by atoms with Crippen LogP contribution >= 0.6 is 0 Å². The second-order valence-electron chi connectivity index (χ2n) is 3.30. The van der Waals surface area contributed by atoms with Gasteiger partial charge in [0.25, 0.3) is 5.91 Å². The molecule has 0 unspecified atom stereocenters. The van der Waals surface area contributed by atoms with Gasteiger partial charge in [0.1, 0.15) is 0 Å². The number of nitrogens with one attached hydrogen (secondary N) is 1. The average Bonchev–Trinajstić information content (AvgIpc) is 2.35. The lowest BCUT2D eigenvalue weighted by molar-refractivity contribution is 0.0962. The van der Waals surface area contributed by atoms with Gasteiger partial charge in [-0.05, 0) is 24.1 Å². The number of hydrogen-bond donors (Lipinski definition) is 1. The van der Waals surface area contributed by atoms with E-state index < -0.39 is 0 Å². The molecular formula is C12H17NO3. The van der Waals surface area contributed by atoms with E-state index in [4.69, 9.17) is 9.47 Å². The Labute approximate surface area is 95.6 Å². The Kier molecular flexibility index (Phi) is 4.17. The third-order valence-corrected chi connectivity index (χ3v) is 2.46. The van der Waals surface area contributed by atoms with Crippen LogP contribution in [0, 0.1) is 0 Å². The van der Waals surface area contributed by atoms with Gasteiger partial charge in [-0.2, -0.15) is 0 Å². The Morgan fingerprint density at radius 3 is 2.25 bits per heavy atom. The quantitative estimate of drug-likeness (QED) is 0.843. The normalized spacial score (nSPS) is 9.75. The molecule has 0 spiro atoms. The molecule has 4 heteroatoms. The lowest BCUT2D eigenvalue weighted by atomic mass is 10.0. The Bertz CT molecular complexity index is 388. The van der Waals surface area contributed by atoms with Crippen LogP contribution in [0.15, 0.2) is 12.1 Å². The first-order chi connectivity index (χ1) is 7.67. The summed E-state index contributed by atoms with van der Waals surface area (Å²) in [5.41, 5.74) is 1.57. The van der Waals surface area contributed by atoms with Gasteiger partial charge in [-0.1, -0.05) is 6.92 Å². The maximum Gasteiger partial charge on any atom is 0.251 e. The zero-order chi connectivity index (χ0) is 12.1. The van der Waals surface area contributed by atoms with E-state index in [-0.39, 0.29) is 5.91 Å². The van der Waals surface area contributed by atoms with Crippen LogP contribution in [0.1, 0.15) is 22.8 Å². The number of hydrogen-bond acceptors (Lipinski definition) is 3. The van der Waals surface area contributed by atoms with Crippen molar-refractivity contribution in [1.82, 2.24) is 5.32 Å². The molecule has 1 aromatic carbocycles. The second kappa shape index (κ2) is 5.39. The predicted molar refractivity (Wildman–Crippen MR) is 62.3 cm³/mol. The fraction of sp³-hybridized carbons (Fsp3) is 0.417. The molecule has 0 aliphatic heterocycles. The molecule has 0 radical (unpaired) electrons. The van der Waals surface area contributed by atoms with Crippen LogP contribution < -0.4 is 14.8 Å². The summed E-state index contributed by atoms with van der Waals surface area (Å²) in [6, 6.07) is 3.54. The summed E-state index contributed by atoms with van der Waals surface area (Å²) in [5.74, 6) is 1.10. The van der Waals surface area contributed by atoms with E-state index >= 15 is 0 Å². The lowest BCUT2D eigenvalue weighted by Crippen LogP contribution is -2.19. The van der Waals surface area contributed by atoms with Gasteiger partial charge < -0.3 is 14.8 Å². The van der Waals surface area contributed by atoms with Gasteiger partial charge in [0, 0.05) is 12.6 Å². The van der Waals surface area contributed by atoms with Gasteiger partial charge in [-0.3, -0.25) is 4.79 Å². The van der Waals surface area contributed by atoms with Crippen molar-refractivity contribution in [3.8, 4) is 11.5 Å². The minimum atomic E-state index is -0.113. The summed E-state index contributed by atoms with van der Waals surface area (Å²) in [6.45, 7) is 1.99. The van der Waals surface area contributed by atoms with Crippen LogP contribution in [0.4, 0.5) is 0 Å². The minimum Gasteiger partial charge on any atom is -0.493 e. The predicted octanol–water partition coefficient (Wildman–Crippen LogP) is 1.63. The summed E-state index contributed by atoms with van der Waals surface area (Å²) in [6.07, 6.45) is 0.767. The number of ether oxygens (including phenoxy) is 2. The molecule has 0 saturated heterocycles. The molecule has 1 aromatic rings. The van der Waals surface area contributed by atoms with Crippen LogP contribution in [0.2, 0.25) is 0 Å². The smallest absolute Gasteiger partial charge is 0.251 e. The van der Waals surface area contributed by atoms with Crippen molar-refractivity contribution >= 4 is 5.91 Å². The lowest BCUT2D eigenvalue weighted by Gasteiger charge is -2.13. The molecule has 0 atom stereocenters. The van der Waals surface area contributed by atoms with Crippen LogP contribution in [-0.4, -0.2) is 27.2 Å². The van der Waals surface area contributed by atoms with Gasteiger partial charge in [0.15, 0.2) is 11.5 Å². The Morgan fingerprint density at radius 2 is 1.81 bits per heavy atom. The summed E-state index contributed by atoms with van der Waals surface area (Å²) in [5, 5.41) is 2.61. The molecule has 4 nitrogen and oxygen atoms in total. The highest BCUT2D eigenvalue weighted by Gasteiger charge is 2.14. The molecule has 0 fully saturated rings. The topological polar surface area (TPSA) is 47.6 Å². The first kappa shape index (κ1) is 12.4. The van der Waals surface area contributed by atoms with Crippen LogP contribution in [0.5, 0.6) is 11.5 Å². The van der Waals surface area contributed by atoms with Crippen molar-refractivity contribution in [2.24, 2.45) is 0 Å². The van der Waals surface area contributed by atoms with Gasteiger partial charge in [0.2, 0.25) is 0 Å². The highest BCUT2D eigenvalue weighted by Crippen LogP contribution is 2.30. The van der Waals surface area contributed by atoms with E-state index in [0.717, 1.165) is 12.0 Å². The summed E-state index contributed by atoms with van der Waals surface area (Å²) < 4.78 is 10.4. The monoisotopic (exact) mass is 223 g/mol. The first-order valence-electron chi connectivity index (χ1n) is 5.14. The molecule has 0 heterocycles. The zero-order valence-corrected chi connectivity index (χ0v) is 10.1. The molecule has 0 bridgehead atoms. The van der Waals surface area contributed by atoms with Gasteiger partial charge in [-0.25, -0.2) is 0 Å². The summed E-state index contributed by atoms with van der Waals surface area (Å²) >= 11 is 0. The van der Waals surface area contributed by atoms with Crippen LogP contribution in [0.25, 0.3) is 0 Å². The number of methoxy groups -OCH3 is 2. The van der Waals surface area contributed by atoms with E-state index in [1.807, 2.05) is 13.0 Å². The Morgan fingerprint density at radius 1 is 1.25 bits per heavy atom. The molecule has 16 heavy (non-hydrogen) atoms. The molecule has 0 aliphatic rings. The van der Waals surface area contributed by atoms with Crippen molar-refractivity contribution in [2.45, 2.75) is 13.3 Å². The van der Waals surface area contributed by atoms with Crippen molar-refractivity contribution in [2.75, 3.05) is 21.3 Å². The van der Waals surface area contributed by atoms with Crippen molar-refractivity contribution < 1.29 is 14.3 Å². The minimum absolute atomic E-state index is 0.113. The number of aryl methyl sites for hydroxylation is 1. The fourth-order valence-electron chi connectivity index (χ4n) is 1.56. The molecule has 88 valence electrons. The van der Waals surface area contributed by atoms with Gasteiger partial charge in [-0.15, -0.1) is 0 Å². The van der Waals surface area contributed by atoms with E-state index in [1.54, 1.807) is 27.3 Å².